The number of nitrogens with one attached hydrogen (secondary N) is 2. The summed E-state index contributed by atoms with van der Waals surface area (Å²) in [6, 6.07) is 5.78. The van der Waals surface area contributed by atoms with Gasteiger partial charge >= 0.3 is 0 Å². The minimum Gasteiger partial charge on any atom is -0.496 e. The van der Waals surface area contributed by atoms with E-state index in [0.29, 0.717) is 6.54 Å². The molecule has 0 bridgehead atoms. The molecule has 0 saturated carbocycles. The summed E-state index contributed by atoms with van der Waals surface area (Å²) in [4.78, 5) is 12.0. The van der Waals surface area contributed by atoms with Gasteiger partial charge in [-0.25, -0.2) is 0 Å². The molecule has 1 aliphatic heterocycles. The fraction of sp³-hybridized carbons (Fsp3) is 0.500. The molecule has 1 saturated heterocycles. The summed E-state index contributed by atoms with van der Waals surface area (Å²) in [6.45, 7) is 1.48. The third-order valence-electron chi connectivity index (χ3n) is 3.31. The topological polar surface area (TPSA) is 50.4 Å². The van der Waals surface area contributed by atoms with Gasteiger partial charge in [0, 0.05) is 6.54 Å². The maximum atomic E-state index is 12.0. The van der Waals surface area contributed by atoms with E-state index in [1.54, 1.807) is 7.11 Å². The molecule has 1 aromatic carbocycles. The maximum absolute atomic E-state index is 12.0. The van der Waals surface area contributed by atoms with Gasteiger partial charge in [0.1, 0.15) is 5.75 Å². The second kappa shape index (κ2) is 8.49. The average Bonchev–Trinajstić information content (AvgIpc) is 2.46. The maximum Gasteiger partial charge on any atom is 0.237 e. The van der Waals surface area contributed by atoms with Crippen LogP contribution in [-0.2, 0) is 11.3 Å². The number of ether oxygens (including phenoxy) is 1. The second-order valence-electron chi connectivity index (χ2n) is 4.69. The zero-order chi connectivity index (χ0) is 13.7. The Hall–Kier alpha value is -0.780. The Morgan fingerprint density at radius 2 is 2.30 bits per heavy atom. The number of methoxy groups -OCH3 is 1. The molecule has 1 aliphatic rings. The van der Waals surface area contributed by atoms with E-state index in [1.807, 2.05) is 18.2 Å². The van der Waals surface area contributed by atoms with Crippen LogP contribution >= 0.6 is 28.3 Å². The summed E-state index contributed by atoms with van der Waals surface area (Å²) in [5, 5.41) is 6.21. The minimum absolute atomic E-state index is 0. The monoisotopic (exact) mass is 362 g/mol. The molecule has 1 amide bonds. The fourth-order valence-electron chi connectivity index (χ4n) is 2.21. The van der Waals surface area contributed by atoms with Crippen molar-refractivity contribution in [3.8, 4) is 5.75 Å². The van der Waals surface area contributed by atoms with Crippen molar-refractivity contribution in [2.45, 2.75) is 31.8 Å². The highest BCUT2D eigenvalue weighted by Gasteiger charge is 2.19. The van der Waals surface area contributed by atoms with Crippen LogP contribution in [-0.4, -0.2) is 25.6 Å². The van der Waals surface area contributed by atoms with Gasteiger partial charge in [-0.1, -0.05) is 12.5 Å². The standard InChI is InChI=1S/C14H19BrN2O2.ClH/c1-19-13-6-5-10(8-11(13)15)9-17-14(18)12-4-2-3-7-16-12;/h5-6,8,12,16H,2-4,7,9H2,1H3,(H,17,18);1H. The smallest absolute Gasteiger partial charge is 0.237 e. The van der Waals surface area contributed by atoms with Crippen LogP contribution in [0.3, 0.4) is 0 Å². The molecule has 0 aliphatic carbocycles. The first kappa shape index (κ1) is 17.3. The molecule has 2 rings (SSSR count). The largest absolute Gasteiger partial charge is 0.496 e. The number of benzene rings is 1. The van der Waals surface area contributed by atoms with Gasteiger partial charge in [0.25, 0.3) is 0 Å². The van der Waals surface area contributed by atoms with Crippen LogP contribution in [0.2, 0.25) is 0 Å². The molecular weight excluding hydrogens is 344 g/mol. The normalized spacial score (nSPS) is 18.0. The van der Waals surface area contributed by atoms with Crippen LogP contribution in [0.25, 0.3) is 0 Å². The average molecular weight is 364 g/mol. The van der Waals surface area contributed by atoms with Crippen molar-refractivity contribution >= 4 is 34.2 Å². The van der Waals surface area contributed by atoms with Crippen molar-refractivity contribution in [2.24, 2.45) is 0 Å². The quantitative estimate of drug-likeness (QED) is 0.864. The van der Waals surface area contributed by atoms with E-state index >= 15 is 0 Å². The van der Waals surface area contributed by atoms with E-state index in [4.69, 9.17) is 4.74 Å². The van der Waals surface area contributed by atoms with Crippen molar-refractivity contribution in [2.75, 3.05) is 13.7 Å². The van der Waals surface area contributed by atoms with Gasteiger partial charge in [0.2, 0.25) is 5.91 Å². The van der Waals surface area contributed by atoms with Gasteiger partial charge in [0.15, 0.2) is 0 Å². The predicted molar refractivity (Wildman–Crippen MR) is 85.4 cm³/mol. The van der Waals surface area contributed by atoms with E-state index in [2.05, 4.69) is 26.6 Å². The number of piperidine rings is 1. The molecule has 6 heteroatoms. The summed E-state index contributed by atoms with van der Waals surface area (Å²) in [5.74, 6) is 0.885. The highest BCUT2D eigenvalue weighted by molar-refractivity contribution is 9.10. The van der Waals surface area contributed by atoms with E-state index < -0.39 is 0 Å². The lowest BCUT2D eigenvalue weighted by atomic mass is 10.0. The zero-order valence-corrected chi connectivity index (χ0v) is 13.9. The summed E-state index contributed by atoms with van der Waals surface area (Å²) in [6.07, 6.45) is 3.21. The lowest BCUT2D eigenvalue weighted by Crippen LogP contribution is -2.46. The molecule has 0 radical (unpaired) electrons. The van der Waals surface area contributed by atoms with Crippen LogP contribution in [0.15, 0.2) is 22.7 Å². The third-order valence-corrected chi connectivity index (χ3v) is 3.93. The molecule has 1 unspecified atom stereocenters. The van der Waals surface area contributed by atoms with Crippen molar-refractivity contribution in [1.82, 2.24) is 10.6 Å². The Balaban J connectivity index is 0.00000200. The number of halogens is 2. The van der Waals surface area contributed by atoms with Crippen LogP contribution < -0.4 is 15.4 Å². The van der Waals surface area contributed by atoms with Gasteiger partial charge in [-0.15, -0.1) is 12.4 Å². The van der Waals surface area contributed by atoms with Gasteiger partial charge in [0.05, 0.1) is 17.6 Å². The van der Waals surface area contributed by atoms with Crippen LogP contribution in [0, 0.1) is 0 Å². The lowest BCUT2D eigenvalue weighted by molar-refractivity contribution is -0.123. The van der Waals surface area contributed by atoms with E-state index in [0.717, 1.165) is 41.6 Å². The predicted octanol–water partition coefficient (Wildman–Crippen LogP) is 2.64. The molecule has 0 spiro atoms. The van der Waals surface area contributed by atoms with E-state index in [-0.39, 0.29) is 24.4 Å². The molecule has 0 aromatic heterocycles. The number of amides is 1. The van der Waals surface area contributed by atoms with Crippen molar-refractivity contribution in [1.29, 1.82) is 0 Å². The van der Waals surface area contributed by atoms with Crippen LogP contribution in [0.4, 0.5) is 0 Å². The number of rotatable bonds is 4. The lowest BCUT2D eigenvalue weighted by Gasteiger charge is -2.22. The Morgan fingerprint density at radius 1 is 1.50 bits per heavy atom. The van der Waals surface area contributed by atoms with Crippen molar-refractivity contribution in [3.63, 3.8) is 0 Å². The summed E-state index contributed by atoms with van der Waals surface area (Å²) >= 11 is 3.44. The highest BCUT2D eigenvalue weighted by Crippen LogP contribution is 2.25. The van der Waals surface area contributed by atoms with Crippen LogP contribution in [0.5, 0.6) is 5.75 Å². The summed E-state index contributed by atoms with van der Waals surface area (Å²) < 4.78 is 6.08. The molecule has 1 fully saturated rings. The zero-order valence-electron chi connectivity index (χ0n) is 11.4. The number of hydrogen-bond acceptors (Lipinski definition) is 3. The van der Waals surface area contributed by atoms with E-state index in [9.17, 15) is 4.79 Å². The minimum atomic E-state index is -0.0320. The molecule has 4 nitrogen and oxygen atoms in total. The molecule has 1 aromatic rings. The van der Waals surface area contributed by atoms with Gasteiger partial charge in [-0.05, 0) is 53.0 Å². The van der Waals surface area contributed by atoms with Crippen LogP contribution in [0.1, 0.15) is 24.8 Å². The van der Waals surface area contributed by atoms with Gasteiger partial charge in [-0.2, -0.15) is 0 Å². The first-order valence-corrected chi connectivity index (χ1v) is 7.33. The Kier molecular flexibility index (Phi) is 7.34. The molecule has 1 atom stereocenters. The Labute approximate surface area is 134 Å². The number of hydrogen-bond donors (Lipinski definition) is 2. The number of carbonyl (C=O) groups excluding carboxylic acids is 1. The molecular formula is C14H20BrClN2O2. The summed E-state index contributed by atoms with van der Waals surface area (Å²) in [7, 11) is 1.64. The van der Waals surface area contributed by atoms with Gasteiger partial charge in [-0.3, -0.25) is 4.79 Å². The van der Waals surface area contributed by atoms with Crippen molar-refractivity contribution in [3.05, 3.63) is 28.2 Å². The molecule has 2 N–H and O–H groups in total. The third kappa shape index (κ3) is 4.65. The Bertz CT molecular complexity index is 451. The second-order valence-corrected chi connectivity index (χ2v) is 5.54. The molecule has 112 valence electrons. The highest BCUT2D eigenvalue weighted by atomic mass is 79.9. The first-order chi connectivity index (χ1) is 9.20. The van der Waals surface area contributed by atoms with E-state index in [1.165, 1.54) is 0 Å². The summed E-state index contributed by atoms with van der Waals surface area (Å²) in [5.41, 5.74) is 1.05. The fourth-order valence-corrected chi connectivity index (χ4v) is 2.80. The van der Waals surface area contributed by atoms with Crippen molar-refractivity contribution < 1.29 is 9.53 Å². The Morgan fingerprint density at radius 3 is 2.90 bits per heavy atom. The number of carbonyl (C=O) groups is 1. The first-order valence-electron chi connectivity index (χ1n) is 6.54. The molecule has 1 heterocycles. The van der Waals surface area contributed by atoms with Gasteiger partial charge < -0.3 is 15.4 Å². The SMILES string of the molecule is COc1ccc(CNC(=O)C2CCCCN2)cc1Br.Cl. The molecule has 20 heavy (non-hydrogen) atoms.